The van der Waals surface area contributed by atoms with Crippen LogP contribution in [0.2, 0.25) is 0 Å². The van der Waals surface area contributed by atoms with Gasteiger partial charge >= 0.3 is 0 Å². The molecule has 0 aromatic heterocycles. The van der Waals surface area contributed by atoms with Gasteiger partial charge in [-0.3, -0.25) is 0 Å². The first-order chi connectivity index (χ1) is 7.22. The lowest BCUT2D eigenvalue weighted by atomic mass is 9.84. The first-order valence-electron chi connectivity index (χ1n) is 5.72. The lowest BCUT2D eigenvalue weighted by molar-refractivity contribution is 0.362. The van der Waals surface area contributed by atoms with Gasteiger partial charge in [-0.05, 0) is 32.4 Å². The molecule has 90 valence electrons. The van der Waals surface area contributed by atoms with Crippen LogP contribution in [0, 0.1) is 0 Å². The minimum atomic E-state index is 0.132. The number of hydrogen-bond donors (Lipinski definition) is 1. The van der Waals surface area contributed by atoms with E-state index in [-0.39, 0.29) is 11.0 Å². The van der Waals surface area contributed by atoms with Crippen LogP contribution in [-0.2, 0) is 5.41 Å². The van der Waals surface area contributed by atoms with Gasteiger partial charge in [0, 0.05) is 22.0 Å². The summed E-state index contributed by atoms with van der Waals surface area (Å²) in [7, 11) is 0. The molecule has 1 aromatic rings. The van der Waals surface area contributed by atoms with Crippen LogP contribution in [0.15, 0.2) is 28.7 Å². The summed E-state index contributed by atoms with van der Waals surface area (Å²) in [5, 5.41) is 3.57. The van der Waals surface area contributed by atoms with Crippen molar-refractivity contribution in [2.45, 2.75) is 45.6 Å². The summed E-state index contributed by atoms with van der Waals surface area (Å²) in [4.78, 5) is 0. The van der Waals surface area contributed by atoms with Crippen LogP contribution >= 0.6 is 15.9 Å². The zero-order valence-corrected chi connectivity index (χ0v) is 12.5. The van der Waals surface area contributed by atoms with Gasteiger partial charge < -0.3 is 5.32 Å². The first kappa shape index (κ1) is 13.7. The molecular weight excluding hydrogens is 262 g/mol. The van der Waals surface area contributed by atoms with E-state index in [0.29, 0.717) is 0 Å². The van der Waals surface area contributed by atoms with E-state index >= 15 is 0 Å². The number of hydrogen-bond acceptors (Lipinski definition) is 1. The van der Waals surface area contributed by atoms with E-state index < -0.39 is 0 Å². The van der Waals surface area contributed by atoms with Crippen LogP contribution in [0.4, 0.5) is 0 Å². The summed E-state index contributed by atoms with van der Waals surface area (Å²) < 4.78 is 1.19. The van der Waals surface area contributed by atoms with Gasteiger partial charge in [0.2, 0.25) is 0 Å². The fraction of sp³-hybridized carbons (Fsp3) is 0.571. The van der Waals surface area contributed by atoms with Crippen molar-refractivity contribution in [3.05, 3.63) is 34.3 Å². The molecule has 0 fully saturated rings. The molecule has 0 unspecified atom stereocenters. The molecule has 0 atom stereocenters. The van der Waals surface area contributed by atoms with Gasteiger partial charge in [0.1, 0.15) is 0 Å². The molecule has 1 N–H and O–H groups in total. The molecular formula is C14H22BrN. The zero-order chi connectivity index (χ0) is 12.4. The summed E-state index contributed by atoms with van der Waals surface area (Å²) in [5.74, 6) is 0. The van der Waals surface area contributed by atoms with Gasteiger partial charge in [-0.15, -0.1) is 0 Å². The molecule has 2 heteroatoms. The van der Waals surface area contributed by atoms with Crippen molar-refractivity contribution in [3.8, 4) is 0 Å². The molecule has 1 aromatic carbocycles. The average Bonchev–Trinajstić information content (AvgIpc) is 2.14. The van der Waals surface area contributed by atoms with Gasteiger partial charge in [-0.2, -0.15) is 0 Å². The lowest BCUT2D eigenvalue weighted by Crippen LogP contribution is -2.43. The third-order valence-corrected chi connectivity index (χ3v) is 3.36. The fourth-order valence-corrected chi connectivity index (χ4v) is 2.41. The number of rotatable bonds is 3. The maximum absolute atomic E-state index is 3.62. The Balaban J connectivity index is 2.82. The Morgan fingerprint density at radius 1 is 1.06 bits per heavy atom. The van der Waals surface area contributed by atoms with E-state index in [1.807, 2.05) is 0 Å². The van der Waals surface area contributed by atoms with E-state index in [2.05, 4.69) is 80.1 Å². The van der Waals surface area contributed by atoms with Crippen LogP contribution < -0.4 is 5.32 Å². The Morgan fingerprint density at radius 2 is 1.62 bits per heavy atom. The molecule has 1 nitrogen and oxygen atoms in total. The second-order valence-corrected chi connectivity index (χ2v) is 6.82. The maximum Gasteiger partial charge on any atom is 0.0213 e. The molecule has 0 amide bonds. The van der Waals surface area contributed by atoms with Crippen LogP contribution in [0.25, 0.3) is 0 Å². The zero-order valence-electron chi connectivity index (χ0n) is 10.9. The largest absolute Gasteiger partial charge is 0.311 e. The summed E-state index contributed by atoms with van der Waals surface area (Å²) in [6, 6.07) is 8.45. The quantitative estimate of drug-likeness (QED) is 0.880. The molecule has 16 heavy (non-hydrogen) atoms. The second-order valence-electron chi connectivity index (χ2n) is 5.97. The van der Waals surface area contributed by atoms with Crippen LogP contribution in [0.1, 0.15) is 40.2 Å². The SMILES string of the molecule is CC(C)(C)NCC(C)(C)c1ccccc1Br. The highest BCUT2D eigenvalue weighted by Gasteiger charge is 2.24. The van der Waals surface area contributed by atoms with E-state index in [4.69, 9.17) is 0 Å². The predicted octanol–water partition coefficient (Wildman–Crippen LogP) is 4.11. The van der Waals surface area contributed by atoms with Gasteiger partial charge in [0.15, 0.2) is 0 Å². The number of benzene rings is 1. The summed E-state index contributed by atoms with van der Waals surface area (Å²) in [6.45, 7) is 12.1. The third kappa shape index (κ3) is 3.91. The van der Waals surface area contributed by atoms with Gasteiger partial charge in [-0.25, -0.2) is 0 Å². The highest BCUT2D eigenvalue weighted by Crippen LogP contribution is 2.29. The molecule has 0 aliphatic carbocycles. The summed E-state index contributed by atoms with van der Waals surface area (Å²) in [6.07, 6.45) is 0. The minimum absolute atomic E-state index is 0.132. The summed E-state index contributed by atoms with van der Waals surface area (Å²) in [5.41, 5.74) is 1.65. The Morgan fingerprint density at radius 3 is 2.12 bits per heavy atom. The van der Waals surface area contributed by atoms with Crippen LogP contribution in [0.5, 0.6) is 0 Å². The maximum atomic E-state index is 3.62. The van der Waals surface area contributed by atoms with Crippen molar-refractivity contribution in [2.24, 2.45) is 0 Å². The lowest BCUT2D eigenvalue weighted by Gasteiger charge is -2.31. The second kappa shape index (κ2) is 4.89. The Labute approximate surface area is 108 Å². The predicted molar refractivity (Wildman–Crippen MR) is 74.9 cm³/mol. The number of nitrogens with one attached hydrogen (secondary N) is 1. The third-order valence-electron chi connectivity index (χ3n) is 2.66. The van der Waals surface area contributed by atoms with Gasteiger partial charge in [-0.1, -0.05) is 48.0 Å². The molecule has 0 saturated carbocycles. The molecule has 0 bridgehead atoms. The molecule has 0 aliphatic rings. The fourth-order valence-electron chi connectivity index (χ4n) is 1.59. The van der Waals surface area contributed by atoms with Crippen LogP contribution in [0.3, 0.4) is 0 Å². The molecule has 1 rings (SSSR count). The summed E-state index contributed by atoms with van der Waals surface area (Å²) >= 11 is 3.62. The van der Waals surface area contributed by atoms with E-state index in [0.717, 1.165) is 6.54 Å². The van der Waals surface area contributed by atoms with Crippen molar-refractivity contribution >= 4 is 15.9 Å². The first-order valence-corrected chi connectivity index (χ1v) is 6.52. The van der Waals surface area contributed by atoms with Crippen molar-refractivity contribution in [2.75, 3.05) is 6.54 Å². The van der Waals surface area contributed by atoms with E-state index in [9.17, 15) is 0 Å². The standard InChI is InChI=1S/C14H22BrN/c1-13(2,3)16-10-14(4,5)11-8-6-7-9-12(11)15/h6-9,16H,10H2,1-5H3. The van der Waals surface area contributed by atoms with Crippen molar-refractivity contribution in [1.82, 2.24) is 5.32 Å². The molecule has 0 saturated heterocycles. The van der Waals surface area contributed by atoms with E-state index in [1.165, 1.54) is 10.0 Å². The minimum Gasteiger partial charge on any atom is -0.311 e. The normalized spacial score (nSPS) is 12.9. The van der Waals surface area contributed by atoms with Gasteiger partial charge in [0.05, 0.1) is 0 Å². The monoisotopic (exact) mass is 283 g/mol. The topological polar surface area (TPSA) is 12.0 Å². The highest BCUT2D eigenvalue weighted by atomic mass is 79.9. The Hall–Kier alpha value is -0.340. The van der Waals surface area contributed by atoms with Crippen molar-refractivity contribution < 1.29 is 0 Å². The average molecular weight is 284 g/mol. The highest BCUT2D eigenvalue weighted by molar-refractivity contribution is 9.10. The molecule has 0 heterocycles. The Bertz CT molecular complexity index is 350. The van der Waals surface area contributed by atoms with Crippen molar-refractivity contribution in [3.63, 3.8) is 0 Å². The van der Waals surface area contributed by atoms with Crippen LogP contribution in [-0.4, -0.2) is 12.1 Å². The molecule has 0 aliphatic heterocycles. The van der Waals surface area contributed by atoms with Gasteiger partial charge in [0.25, 0.3) is 0 Å². The Kier molecular flexibility index (Phi) is 4.19. The number of halogens is 1. The molecule has 0 radical (unpaired) electrons. The van der Waals surface area contributed by atoms with Crippen molar-refractivity contribution in [1.29, 1.82) is 0 Å². The van der Waals surface area contributed by atoms with E-state index in [1.54, 1.807) is 0 Å². The smallest absolute Gasteiger partial charge is 0.0213 e. The molecule has 0 spiro atoms.